The van der Waals surface area contributed by atoms with Gasteiger partial charge in [0.1, 0.15) is 5.78 Å². The third-order valence-electron chi connectivity index (χ3n) is 3.73. The number of hydrogen-bond acceptors (Lipinski definition) is 2. The van der Waals surface area contributed by atoms with Crippen molar-refractivity contribution in [2.75, 3.05) is 0 Å². The minimum Gasteiger partial charge on any atom is -0.323 e. The molecular weight excluding hydrogens is 309 g/mol. The van der Waals surface area contributed by atoms with E-state index in [4.69, 9.17) is 0 Å². The molecule has 4 nitrogen and oxygen atoms in total. The van der Waals surface area contributed by atoms with E-state index in [-0.39, 0.29) is 12.0 Å². The Labute approximate surface area is 137 Å². The zero-order chi connectivity index (χ0) is 16.9. The molecule has 0 fully saturated rings. The molecule has 5 heteroatoms. The molecule has 0 amide bonds. The van der Waals surface area contributed by atoms with Crippen molar-refractivity contribution in [2.45, 2.75) is 32.1 Å². The van der Waals surface area contributed by atoms with Crippen LogP contribution in [-0.2, 0) is 4.57 Å². The van der Waals surface area contributed by atoms with E-state index >= 15 is 0 Å². The lowest BCUT2D eigenvalue weighted by Crippen LogP contribution is -2.34. The summed E-state index contributed by atoms with van der Waals surface area (Å²) in [5.74, 6) is -0.680. The lowest BCUT2D eigenvalue weighted by molar-refractivity contribution is 0.325. The third kappa shape index (κ3) is 5.29. The first-order valence-electron chi connectivity index (χ1n) is 7.79. The predicted molar refractivity (Wildman–Crippen MR) is 93.1 cm³/mol. The first-order chi connectivity index (χ1) is 10.9. The van der Waals surface area contributed by atoms with Crippen molar-refractivity contribution in [3.05, 3.63) is 71.8 Å². The van der Waals surface area contributed by atoms with Crippen LogP contribution in [0.1, 0.15) is 37.4 Å². The summed E-state index contributed by atoms with van der Waals surface area (Å²) in [7, 11) is -4.24. The van der Waals surface area contributed by atoms with Crippen molar-refractivity contribution < 1.29 is 14.4 Å². The van der Waals surface area contributed by atoms with Gasteiger partial charge in [0.25, 0.3) is 0 Å². The van der Waals surface area contributed by atoms with Crippen LogP contribution in [0.2, 0.25) is 0 Å². The Hall–Kier alpha value is -1.45. The van der Waals surface area contributed by atoms with E-state index < -0.39 is 13.4 Å². The average Bonchev–Trinajstić information content (AvgIpc) is 2.51. The molecule has 0 spiro atoms. The van der Waals surface area contributed by atoms with E-state index in [1.54, 1.807) is 0 Å². The molecule has 23 heavy (non-hydrogen) atoms. The number of benzene rings is 2. The summed E-state index contributed by atoms with van der Waals surface area (Å²) in [5.41, 5.74) is 1.97. The van der Waals surface area contributed by atoms with E-state index in [2.05, 4.69) is 5.32 Å². The highest BCUT2D eigenvalue weighted by Crippen LogP contribution is 2.44. The molecule has 0 bridgehead atoms. The zero-order valence-corrected chi connectivity index (χ0v) is 14.4. The maximum atomic E-state index is 11.9. The number of rotatable bonds is 7. The Morgan fingerprint density at radius 2 is 1.35 bits per heavy atom. The van der Waals surface area contributed by atoms with Gasteiger partial charge in [-0.15, -0.1) is 0 Å². The Kier molecular flexibility index (Phi) is 6.14. The molecule has 0 radical (unpaired) electrons. The summed E-state index contributed by atoms with van der Waals surface area (Å²) in [5, 5.41) is 3.19. The lowest BCUT2D eigenvalue weighted by atomic mass is 9.98. The standard InChI is InChI=1S/C18H24NO3P/c1-14(2)13-17(23(20,21)22)19-18(15-9-5-3-6-10-15)16-11-7-4-8-12-16/h3-12,14,17-19H,13H2,1-2H3,(H2,20,21,22)/t17-/m1/s1. The normalized spacial score (nSPS) is 13.5. The Morgan fingerprint density at radius 3 is 1.70 bits per heavy atom. The van der Waals surface area contributed by atoms with Crippen molar-refractivity contribution in [3.63, 3.8) is 0 Å². The van der Waals surface area contributed by atoms with Crippen LogP contribution in [0.15, 0.2) is 60.7 Å². The Balaban J connectivity index is 2.36. The average molecular weight is 333 g/mol. The van der Waals surface area contributed by atoms with Gasteiger partial charge in [-0.1, -0.05) is 74.5 Å². The molecule has 2 aromatic carbocycles. The van der Waals surface area contributed by atoms with Crippen molar-refractivity contribution in [1.82, 2.24) is 5.32 Å². The van der Waals surface area contributed by atoms with Crippen molar-refractivity contribution >= 4 is 7.60 Å². The predicted octanol–water partition coefficient (Wildman–Crippen LogP) is 3.92. The van der Waals surface area contributed by atoms with Crippen LogP contribution in [0.4, 0.5) is 0 Å². The SMILES string of the molecule is CC(C)C[C@H](NC(c1ccccc1)c1ccccc1)P(=O)(O)O. The molecule has 0 aliphatic carbocycles. The maximum absolute atomic E-state index is 11.9. The molecule has 0 aliphatic rings. The molecule has 124 valence electrons. The van der Waals surface area contributed by atoms with E-state index in [1.165, 1.54) is 0 Å². The van der Waals surface area contributed by atoms with Gasteiger partial charge in [-0.05, 0) is 23.5 Å². The highest BCUT2D eigenvalue weighted by molar-refractivity contribution is 7.52. The molecule has 3 N–H and O–H groups in total. The number of nitrogens with one attached hydrogen (secondary N) is 1. The van der Waals surface area contributed by atoms with Gasteiger partial charge in [0, 0.05) is 0 Å². The van der Waals surface area contributed by atoms with Crippen LogP contribution in [-0.4, -0.2) is 15.6 Å². The molecule has 1 atom stereocenters. The molecule has 0 aliphatic heterocycles. The molecular formula is C18H24NO3P. The smallest absolute Gasteiger partial charge is 0.323 e. The zero-order valence-electron chi connectivity index (χ0n) is 13.5. The second-order valence-electron chi connectivity index (χ2n) is 6.16. The Bertz CT molecular complexity index is 600. The van der Waals surface area contributed by atoms with Crippen molar-refractivity contribution in [1.29, 1.82) is 0 Å². The van der Waals surface area contributed by atoms with Gasteiger partial charge in [-0.2, -0.15) is 0 Å². The highest BCUT2D eigenvalue weighted by atomic mass is 31.2. The van der Waals surface area contributed by atoms with Gasteiger partial charge in [0.05, 0.1) is 6.04 Å². The maximum Gasteiger partial charge on any atom is 0.342 e. The van der Waals surface area contributed by atoms with Crippen LogP contribution >= 0.6 is 7.60 Å². The first kappa shape index (κ1) is 17.9. The molecule has 2 rings (SSSR count). The summed E-state index contributed by atoms with van der Waals surface area (Å²) in [4.78, 5) is 19.4. The first-order valence-corrected chi connectivity index (χ1v) is 9.47. The van der Waals surface area contributed by atoms with E-state index in [1.807, 2.05) is 74.5 Å². The monoisotopic (exact) mass is 333 g/mol. The molecule has 0 unspecified atom stereocenters. The molecule has 2 aromatic rings. The highest BCUT2D eigenvalue weighted by Gasteiger charge is 2.32. The van der Waals surface area contributed by atoms with Crippen LogP contribution in [0, 0.1) is 5.92 Å². The van der Waals surface area contributed by atoms with Crippen molar-refractivity contribution in [3.8, 4) is 0 Å². The van der Waals surface area contributed by atoms with Crippen LogP contribution in [0.3, 0.4) is 0 Å². The molecule has 0 aromatic heterocycles. The fourth-order valence-corrected chi connectivity index (χ4v) is 3.66. The number of hydrogen-bond donors (Lipinski definition) is 3. The van der Waals surface area contributed by atoms with Gasteiger partial charge in [0.15, 0.2) is 0 Å². The molecule has 0 heterocycles. The quantitative estimate of drug-likeness (QED) is 0.672. The Morgan fingerprint density at radius 1 is 0.913 bits per heavy atom. The second-order valence-corrected chi connectivity index (χ2v) is 7.96. The van der Waals surface area contributed by atoms with Crippen LogP contribution < -0.4 is 5.32 Å². The van der Waals surface area contributed by atoms with E-state index in [0.29, 0.717) is 6.42 Å². The van der Waals surface area contributed by atoms with Gasteiger partial charge in [-0.3, -0.25) is 9.88 Å². The van der Waals surface area contributed by atoms with Gasteiger partial charge < -0.3 is 9.79 Å². The topological polar surface area (TPSA) is 69.6 Å². The molecule has 0 saturated heterocycles. The second kappa shape index (κ2) is 7.89. The minimum absolute atomic E-state index is 0.187. The van der Waals surface area contributed by atoms with Gasteiger partial charge in [-0.25, -0.2) is 0 Å². The van der Waals surface area contributed by atoms with Gasteiger partial charge in [0.2, 0.25) is 0 Å². The van der Waals surface area contributed by atoms with Crippen molar-refractivity contribution in [2.24, 2.45) is 5.92 Å². The van der Waals surface area contributed by atoms with Crippen LogP contribution in [0.5, 0.6) is 0 Å². The molecule has 0 saturated carbocycles. The van der Waals surface area contributed by atoms with Gasteiger partial charge >= 0.3 is 7.60 Å². The summed E-state index contributed by atoms with van der Waals surface area (Å²) in [6.07, 6.45) is 0.417. The summed E-state index contributed by atoms with van der Waals surface area (Å²) in [6.45, 7) is 3.93. The summed E-state index contributed by atoms with van der Waals surface area (Å²) < 4.78 is 11.9. The largest absolute Gasteiger partial charge is 0.342 e. The third-order valence-corrected chi connectivity index (χ3v) is 4.90. The summed E-state index contributed by atoms with van der Waals surface area (Å²) >= 11 is 0. The van der Waals surface area contributed by atoms with E-state index in [9.17, 15) is 14.4 Å². The van der Waals surface area contributed by atoms with Crippen LogP contribution in [0.25, 0.3) is 0 Å². The fraction of sp³-hybridized carbons (Fsp3) is 0.333. The summed E-state index contributed by atoms with van der Waals surface area (Å²) in [6, 6.07) is 19.2. The van der Waals surface area contributed by atoms with E-state index in [0.717, 1.165) is 11.1 Å². The minimum atomic E-state index is -4.24. The lowest BCUT2D eigenvalue weighted by Gasteiger charge is -2.28. The fourth-order valence-electron chi connectivity index (χ4n) is 2.62.